The van der Waals surface area contributed by atoms with E-state index in [0.29, 0.717) is 6.54 Å². The van der Waals surface area contributed by atoms with E-state index in [1.165, 1.54) is 0 Å². The van der Waals surface area contributed by atoms with Crippen LogP contribution < -0.4 is 25.7 Å². The quantitative estimate of drug-likeness (QED) is 0.336. The summed E-state index contributed by atoms with van der Waals surface area (Å²) >= 11 is 0. The van der Waals surface area contributed by atoms with Crippen molar-refractivity contribution in [3.8, 4) is 11.5 Å². The SMILES string of the molecule is CCNC(=NCC(C)Oc1cccc(OC)c1)NCCCCn1c(C)cccc1=O. The van der Waals surface area contributed by atoms with Gasteiger partial charge in [0.25, 0.3) is 5.56 Å². The molecule has 0 fully saturated rings. The minimum Gasteiger partial charge on any atom is -0.497 e. The van der Waals surface area contributed by atoms with Gasteiger partial charge in [-0.2, -0.15) is 0 Å². The fourth-order valence-corrected chi connectivity index (χ4v) is 3.02. The molecule has 0 aliphatic carbocycles. The number of unbranched alkanes of at least 4 members (excludes halogenated alkanes) is 1. The molecule has 2 N–H and O–H groups in total. The highest BCUT2D eigenvalue weighted by Gasteiger charge is 2.06. The van der Waals surface area contributed by atoms with E-state index in [-0.39, 0.29) is 11.7 Å². The van der Waals surface area contributed by atoms with E-state index in [9.17, 15) is 4.79 Å². The Morgan fingerprint density at radius 3 is 2.63 bits per heavy atom. The molecular weight excluding hydrogens is 380 g/mol. The molecule has 0 amide bonds. The van der Waals surface area contributed by atoms with Crippen LogP contribution in [0.1, 0.15) is 32.4 Å². The molecule has 0 saturated carbocycles. The van der Waals surface area contributed by atoms with Gasteiger partial charge in [0.1, 0.15) is 17.6 Å². The van der Waals surface area contributed by atoms with Gasteiger partial charge in [0.2, 0.25) is 0 Å². The number of nitrogens with zero attached hydrogens (tertiary/aromatic N) is 2. The summed E-state index contributed by atoms with van der Waals surface area (Å²) in [7, 11) is 1.64. The average molecular weight is 415 g/mol. The van der Waals surface area contributed by atoms with Crippen LogP contribution in [0.5, 0.6) is 11.5 Å². The molecule has 0 bridgehead atoms. The van der Waals surface area contributed by atoms with Gasteiger partial charge in [-0.1, -0.05) is 12.1 Å². The van der Waals surface area contributed by atoms with Crippen LogP contribution in [-0.4, -0.2) is 43.4 Å². The van der Waals surface area contributed by atoms with E-state index in [1.807, 2.05) is 55.7 Å². The Labute approximate surface area is 179 Å². The fourth-order valence-electron chi connectivity index (χ4n) is 3.02. The summed E-state index contributed by atoms with van der Waals surface area (Å²) in [6, 6.07) is 12.9. The highest BCUT2D eigenvalue weighted by Crippen LogP contribution is 2.19. The summed E-state index contributed by atoms with van der Waals surface area (Å²) in [5.41, 5.74) is 1.05. The lowest BCUT2D eigenvalue weighted by Crippen LogP contribution is -2.38. The minimum atomic E-state index is -0.0690. The number of pyridine rings is 1. The maximum Gasteiger partial charge on any atom is 0.250 e. The Morgan fingerprint density at radius 2 is 1.90 bits per heavy atom. The molecule has 1 heterocycles. The Hall–Kier alpha value is -2.96. The van der Waals surface area contributed by atoms with Crippen molar-refractivity contribution < 1.29 is 9.47 Å². The van der Waals surface area contributed by atoms with Crippen molar-refractivity contribution in [2.24, 2.45) is 4.99 Å². The Bertz CT molecular complexity index is 864. The average Bonchev–Trinajstić information content (AvgIpc) is 2.73. The van der Waals surface area contributed by atoms with Gasteiger partial charge >= 0.3 is 0 Å². The molecule has 30 heavy (non-hydrogen) atoms. The van der Waals surface area contributed by atoms with Crippen molar-refractivity contribution in [3.05, 3.63) is 58.5 Å². The van der Waals surface area contributed by atoms with Crippen LogP contribution >= 0.6 is 0 Å². The molecule has 164 valence electrons. The predicted octanol–water partition coefficient (Wildman–Crippen LogP) is 2.97. The van der Waals surface area contributed by atoms with Gasteiger partial charge in [-0.05, 0) is 51.8 Å². The molecule has 1 atom stereocenters. The van der Waals surface area contributed by atoms with E-state index < -0.39 is 0 Å². The van der Waals surface area contributed by atoms with Gasteiger partial charge in [0.15, 0.2) is 5.96 Å². The molecule has 0 spiro atoms. The summed E-state index contributed by atoms with van der Waals surface area (Å²) in [5.74, 6) is 2.30. The molecule has 0 aliphatic rings. The van der Waals surface area contributed by atoms with E-state index in [4.69, 9.17) is 9.47 Å². The van der Waals surface area contributed by atoms with Crippen LogP contribution in [-0.2, 0) is 6.54 Å². The fraction of sp³-hybridized carbons (Fsp3) is 0.478. The third kappa shape index (κ3) is 7.81. The molecule has 1 aromatic carbocycles. The van der Waals surface area contributed by atoms with Gasteiger partial charge in [-0.3, -0.25) is 4.79 Å². The third-order valence-electron chi connectivity index (χ3n) is 4.60. The second-order valence-corrected chi connectivity index (χ2v) is 7.12. The smallest absolute Gasteiger partial charge is 0.250 e. The van der Waals surface area contributed by atoms with Crippen LogP contribution in [0.25, 0.3) is 0 Å². The number of rotatable bonds is 11. The zero-order valence-corrected chi connectivity index (χ0v) is 18.5. The summed E-state index contributed by atoms with van der Waals surface area (Å²) in [6.45, 7) is 8.83. The number of methoxy groups -OCH3 is 1. The molecule has 1 aromatic heterocycles. The molecule has 7 nitrogen and oxygen atoms in total. The first-order valence-corrected chi connectivity index (χ1v) is 10.5. The summed E-state index contributed by atoms with van der Waals surface area (Å²) in [6.07, 6.45) is 1.80. The Kier molecular flexibility index (Phi) is 9.77. The Balaban J connectivity index is 1.77. The van der Waals surface area contributed by atoms with Crippen molar-refractivity contribution in [3.63, 3.8) is 0 Å². The summed E-state index contributed by atoms with van der Waals surface area (Å²) in [5, 5.41) is 6.60. The molecule has 2 rings (SSSR count). The second kappa shape index (κ2) is 12.6. The van der Waals surface area contributed by atoms with Crippen molar-refractivity contribution in [2.75, 3.05) is 26.7 Å². The predicted molar refractivity (Wildman–Crippen MR) is 122 cm³/mol. The number of benzene rings is 1. The zero-order chi connectivity index (χ0) is 21.8. The Morgan fingerprint density at radius 1 is 1.13 bits per heavy atom. The van der Waals surface area contributed by atoms with E-state index in [0.717, 1.165) is 55.6 Å². The standard InChI is InChI=1S/C23H34N4O3/c1-5-24-23(25-14-6-7-15-27-18(2)10-8-13-22(27)28)26-17-19(3)30-21-12-9-11-20(16-21)29-4/h8-13,16,19H,5-7,14-15,17H2,1-4H3,(H2,24,25,26). The molecular formula is C23H34N4O3. The van der Waals surface area contributed by atoms with Crippen molar-refractivity contribution in [1.82, 2.24) is 15.2 Å². The molecule has 2 aromatic rings. The number of aliphatic imine (C=N–C) groups is 1. The zero-order valence-electron chi connectivity index (χ0n) is 18.5. The number of aromatic nitrogens is 1. The second-order valence-electron chi connectivity index (χ2n) is 7.12. The van der Waals surface area contributed by atoms with E-state index >= 15 is 0 Å². The molecule has 1 unspecified atom stereocenters. The van der Waals surface area contributed by atoms with Crippen LogP contribution in [0, 0.1) is 6.92 Å². The molecule has 0 aliphatic heterocycles. The van der Waals surface area contributed by atoms with Gasteiger partial charge in [-0.15, -0.1) is 0 Å². The van der Waals surface area contributed by atoms with Crippen LogP contribution in [0.4, 0.5) is 0 Å². The van der Waals surface area contributed by atoms with Gasteiger partial charge < -0.3 is 24.7 Å². The number of hydrogen-bond donors (Lipinski definition) is 2. The first-order chi connectivity index (χ1) is 14.5. The minimum absolute atomic E-state index is 0.0582. The van der Waals surface area contributed by atoms with Crippen LogP contribution in [0.15, 0.2) is 52.3 Å². The third-order valence-corrected chi connectivity index (χ3v) is 4.60. The number of guanidine groups is 1. The largest absolute Gasteiger partial charge is 0.497 e. The molecule has 0 saturated heterocycles. The lowest BCUT2D eigenvalue weighted by molar-refractivity contribution is 0.229. The summed E-state index contributed by atoms with van der Waals surface area (Å²) in [4.78, 5) is 16.5. The van der Waals surface area contributed by atoms with Crippen LogP contribution in [0.3, 0.4) is 0 Å². The maximum absolute atomic E-state index is 11.9. The highest BCUT2D eigenvalue weighted by molar-refractivity contribution is 5.79. The van der Waals surface area contributed by atoms with Crippen LogP contribution in [0.2, 0.25) is 0 Å². The summed E-state index contributed by atoms with van der Waals surface area (Å²) < 4.78 is 13.0. The monoisotopic (exact) mass is 414 g/mol. The normalized spacial score (nSPS) is 12.3. The lowest BCUT2D eigenvalue weighted by Gasteiger charge is -2.16. The molecule has 0 radical (unpaired) electrons. The van der Waals surface area contributed by atoms with Gasteiger partial charge in [0, 0.05) is 37.5 Å². The van der Waals surface area contributed by atoms with Gasteiger partial charge in [-0.25, -0.2) is 4.99 Å². The van der Waals surface area contributed by atoms with Gasteiger partial charge in [0.05, 0.1) is 13.7 Å². The topological polar surface area (TPSA) is 76.9 Å². The molecule has 7 heteroatoms. The number of hydrogen-bond acceptors (Lipinski definition) is 4. The maximum atomic E-state index is 11.9. The number of ether oxygens (including phenoxy) is 2. The number of aryl methyl sites for hydroxylation is 1. The number of nitrogens with one attached hydrogen (secondary N) is 2. The first kappa shape index (κ1) is 23.3. The highest BCUT2D eigenvalue weighted by atomic mass is 16.5. The van der Waals surface area contributed by atoms with Crippen molar-refractivity contribution in [1.29, 1.82) is 0 Å². The van der Waals surface area contributed by atoms with E-state index in [2.05, 4.69) is 15.6 Å². The lowest BCUT2D eigenvalue weighted by atomic mass is 10.3. The van der Waals surface area contributed by atoms with Crippen molar-refractivity contribution >= 4 is 5.96 Å². The van der Waals surface area contributed by atoms with Crippen molar-refractivity contribution in [2.45, 2.75) is 46.3 Å². The first-order valence-electron chi connectivity index (χ1n) is 10.5. The van der Waals surface area contributed by atoms with E-state index in [1.54, 1.807) is 19.2 Å².